The second kappa shape index (κ2) is 6.35. The third kappa shape index (κ3) is 3.18. The van der Waals surface area contributed by atoms with Gasteiger partial charge in [0.05, 0.1) is 6.04 Å². The Kier molecular flexibility index (Phi) is 4.76. The molecule has 1 saturated heterocycles. The molecule has 1 fully saturated rings. The molecule has 3 nitrogen and oxygen atoms in total. The van der Waals surface area contributed by atoms with Crippen LogP contribution in [0.2, 0.25) is 0 Å². The highest BCUT2D eigenvalue weighted by atomic mass is 19.1. The number of halogens is 1. The van der Waals surface area contributed by atoms with Crippen molar-refractivity contribution < 1.29 is 9.18 Å². The van der Waals surface area contributed by atoms with Gasteiger partial charge >= 0.3 is 0 Å². The molecular formula is C16H23FN2O. The molecule has 1 heterocycles. The quantitative estimate of drug-likeness (QED) is 0.897. The van der Waals surface area contributed by atoms with Crippen molar-refractivity contribution >= 4 is 5.91 Å². The van der Waals surface area contributed by atoms with Crippen LogP contribution >= 0.6 is 0 Å². The van der Waals surface area contributed by atoms with E-state index in [1.165, 1.54) is 12.1 Å². The van der Waals surface area contributed by atoms with E-state index in [-0.39, 0.29) is 23.9 Å². The van der Waals surface area contributed by atoms with Crippen LogP contribution in [0.15, 0.2) is 24.3 Å². The summed E-state index contributed by atoms with van der Waals surface area (Å²) >= 11 is 0. The summed E-state index contributed by atoms with van der Waals surface area (Å²) in [6.07, 6.45) is 1.50. The van der Waals surface area contributed by atoms with Crippen LogP contribution in [-0.2, 0) is 4.79 Å². The predicted molar refractivity (Wildman–Crippen MR) is 77.5 cm³/mol. The van der Waals surface area contributed by atoms with Gasteiger partial charge in [-0.3, -0.25) is 10.1 Å². The molecular weight excluding hydrogens is 255 g/mol. The average molecular weight is 278 g/mol. The van der Waals surface area contributed by atoms with Crippen LogP contribution < -0.4 is 5.32 Å². The molecule has 0 spiro atoms. The van der Waals surface area contributed by atoms with Crippen molar-refractivity contribution in [2.45, 2.75) is 45.8 Å². The highest BCUT2D eigenvalue weighted by Crippen LogP contribution is 2.27. The summed E-state index contributed by atoms with van der Waals surface area (Å²) < 4.78 is 13.4. The normalized spacial score (nSPS) is 22.9. The largest absolute Gasteiger partial charge is 0.322 e. The minimum absolute atomic E-state index is 0.127. The third-order valence-corrected chi connectivity index (χ3v) is 3.77. The molecule has 0 aliphatic carbocycles. The van der Waals surface area contributed by atoms with Crippen molar-refractivity contribution in [3.8, 4) is 0 Å². The first kappa shape index (κ1) is 15.0. The Morgan fingerprint density at radius 2 is 2.15 bits per heavy atom. The van der Waals surface area contributed by atoms with Gasteiger partial charge < -0.3 is 4.90 Å². The molecule has 2 rings (SSSR count). The SMILES string of the molecule is CCC1NC(c2cccc(F)c2)N(CCC(C)C)C1=O. The van der Waals surface area contributed by atoms with Gasteiger partial charge in [-0.05, 0) is 36.5 Å². The Bertz CT molecular complexity index is 475. The minimum atomic E-state index is -0.263. The number of nitrogens with zero attached hydrogens (tertiary/aromatic N) is 1. The van der Waals surface area contributed by atoms with E-state index in [4.69, 9.17) is 0 Å². The molecule has 0 saturated carbocycles. The lowest BCUT2D eigenvalue weighted by Crippen LogP contribution is -2.32. The molecule has 1 aliphatic heterocycles. The molecule has 1 N–H and O–H groups in total. The summed E-state index contributed by atoms with van der Waals surface area (Å²) in [6, 6.07) is 6.34. The van der Waals surface area contributed by atoms with Gasteiger partial charge in [-0.25, -0.2) is 4.39 Å². The summed E-state index contributed by atoms with van der Waals surface area (Å²) in [5.74, 6) is 0.402. The van der Waals surface area contributed by atoms with Crippen molar-refractivity contribution in [2.75, 3.05) is 6.54 Å². The Balaban J connectivity index is 2.21. The zero-order valence-electron chi connectivity index (χ0n) is 12.4. The van der Waals surface area contributed by atoms with Gasteiger partial charge in [0.1, 0.15) is 12.0 Å². The fraction of sp³-hybridized carbons (Fsp3) is 0.562. The molecule has 4 heteroatoms. The van der Waals surface area contributed by atoms with E-state index in [2.05, 4.69) is 19.2 Å². The predicted octanol–water partition coefficient (Wildman–Crippen LogP) is 3.08. The van der Waals surface area contributed by atoms with Crippen molar-refractivity contribution in [1.82, 2.24) is 10.2 Å². The molecule has 1 aromatic carbocycles. The molecule has 1 aliphatic rings. The highest BCUT2D eigenvalue weighted by Gasteiger charge is 2.38. The summed E-state index contributed by atoms with van der Waals surface area (Å²) in [4.78, 5) is 14.2. The first-order chi connectivity index (χ1) is 9.52. The minimum Gasteiger partial charge on any atom is -0.322 e. The van der Waals surface area contributed by atoms with Crippen molar-refractivity contribution in [3.63, 3.8) is 0 Å². The number of nitrogens with one attached hydrogen (secondary N) is 1. The lowest BCUT2D eigenvalue weighted by Gasteiger charge is -2.25. The maximum Gasteiger partial charge on any atom is 0.241 e. The zero-order chi connectivity index (χ0) is 14.7. The Morgan fingerprint density at radius 1 is 1.40 bits per heavy atom. The third-order valence-electron chi connectivity index (χ3n) is 3.77. The molecule has 0 radical (unpaired) electrons. The number of carbonyl (C=O) groups is 1. The van der Waals surface area contributed by atoms with E-state index in [0.717, 1.165) is 18.4 Å². The summed E-state index contributed by atoms with van der Waals surface area (Å²) in [6.45, 7) is 6.98. The van der Waals surface area contributed by atoms with Gasteiger partial charge in [0, 0.05) is 6.54 Å². The van der Waals surface area contributed by atoms with Gasteiger partial charge in [0.15, 0.2) is 0 Å². The van der Waals surface area contributed by atoms with Crippen molar-refractivity contribution in [1.29, 1.82) is 0 Å². The maximum atomic E-state index is 13.4. The van der Waals surface area contributed by atoms with Gasteiger partial charge in [0.25, 0.3) is 0 Å². The van der Waals surface area contributed by atoms with Crippen LogP contribution in [0.3, 0.4) is 0 Å². The first-order valence-corrected chi connectivity index (χ1v) is 7.35. The Labute approximate surface area is 120 Å². The van der Waals surface area contributed by atoms with Crippen molar-refractivity contribution in [2.24, 2.45) is 5.92 Å². The topological polar surface area (TPSA) is 32.3 Å². The molecule has 110 valence electrons. The number of carbonyl (C=O) groups excluding carboxylic acids is 1. The average Bonchev–Trinajstić information content (AvgIpc) is 2.73. The Hall–Kier alpha value is -1.42. The molecule has 1 aromatic rings. The number of rotatable bonds is 5. The van der Waals surface area contributed by atoms with Gasteiger partial charge in [-0.15, -0.1) is 0 Å². The van der Waals surface area contributed by atoms with E-state index in [1.807, 2.05) is 17.9 Å². The fourth-order valence-electron chi connectivity index (χ4n) is 2.56. The lowest BCUT2D eigenvalue weighted by atomic mass is 10.1. The van der Waals surface area contributed by atoms with E-state index >= 15 is 0 Å². The summed E-state index contributed by atoms with van der Waals surface area (Å²) in [5, 5.41) is 3.32. The molecule has 0 bridgehead atoms. The Morgan fingerprint density at radius 3 is 2.75 bits per heavy atom. The van der Waals surface area contributed by atoms with Crippen molar-refractivity contribution in [3.05, 3.63) is 35.6 Å². The van der Waals surface area contributed by atoms with E-state index in [1.54, 1.807) is 6.07 Å². The van der Waals surface area contributed by atoms with Gasteiger partial charge in [-0.2, -0.15) is 0 Å². The molecule has 2 unspecified atom stereocenters. The second-order valence-corrected chi connectivity index (χ2v) is 5.80. The first-order valence-electron chi connectivity index (χ1n) is 7.35. The van der Waals surface area contributed by atoms with Crippen LogP contribution in [0, 0.1) is 11.7 Å². The number of benzene rings is 1. The second-order valence-electron chi connectivity index (χ2n) is 5.80. The van der Waals surface area contributed by atoms with Gasteiger partial charge in [0.2, 0.25) is 5.91 Å². The fourth-order valence-corrected chi connectivity index (χ4v) is 2.56. The summed E-state index contributed by atoms with van der Waals surface area (Å²) in [7, 11) is 0. The maximum absolute atomic E-state index is 13.4. The van der Waals surface area contributed by atoms with Crippen LogP contribution in [-0.4, -0.2) is 23.4 Å². The standard InChI is InChI=1S/C16H23FN2O/c1-4-14-16(20)19(9-8-11(2)3)15(18-14)12-6-5-7-13(17)10-12/h5-7,10-11,14-15,18H,4,8-9H2,1-3H3. The molecule has 20 heavy (non-hydrogen) atoms. The highest BCUT2D eigenvalue weighted by molar-refractivity contribution is 5.84. The van der Waals surface area contributed by atoms with E-state index < -0.39 is 0 Å². The smallest absolute Gasteiger partial charge is 0.241 e. The lowest BCUT2D eigenvalue weighted by molar-refractivity contribution is -0.130. The van der Waals surface area contributed by atoms with Crippen LogP contribution in [0.4, 0.5) is 4.39 Å². The molecule has 0 aromatic heterocycles. The summed E-state index contributed by atoms with van der Waals surface area (Å²) in [5.41, 5.74) is 0.818. The zero-order valence-corrected chi connectivity index (χ0v) is 12.4. The number of hydrogen-bond donors (Lipinski definition) is 1. The van der Waals surface area contributed by atoms with E-state index in [0.29, 0.717) is 12.5 Å². The van der Waals surface area contributed by atoms with Crippen LogP contribution in [0.25, 0.3) is 0 Å². The molecule has 2 atom stereocenters. The van der Waals surface area contributed by atoms with Gasteiger partial charge in [-0.1, -0.05) is 32.9 Å². The molecule has 1 amide bonds. The number of hydrogen-bond acceptors (Lipinski definition) is 2. The monoisotopic (exact) mass is 278 g/mol. The number of amides is 1. The van der Waals surface area contributed by atoms with Crippen LogP contribution in [0.1, 0.15) is 45.3 Å². The van der Waals surface area contributed by atoms with E-state index in [9.17, 15) is 9.18 Å². The van der Waals surface area contributed by atoms with Crippen LogP contribution in [0.5, 0.6) is 0 Å².